The molecule has 1 aromatic carbocycles. The molecule has 0 spiro atoms. The Morgan fingerprint density at radius 3 is 2.64 bits per heavy atom. The van der Waals surface area contributed by atoms with Gasteiger partial charge in [0, 0.05) is 15.2 Å². The molecule has 0 fully saturated rings. The van der Waals surface area contributed by atoms with E-state index in [1.54, 1.807) is 6.07 Å². The molecule has 2 N–H and O–H groups in total. The average Bonchev–Trinajstić information content (AvgIpc) is 2.18. The number of hydrogen-bond donors (Lipinski definition) is 1. The highest BCUT2D eigenvalue weighted by atomic mass is 127. The zero-order valence-electron chi connectivity index (χ0n) is 7.86. The third-order valence-electron chi connectivity index (χ3n) is 2.13. The molecule has 0 aromatic heterocycles. The molecule has 0 heterocycles. The zero-order chi connectivity index (χ0) is 10.7. The Balaban J connectivity index is 3.00. The van der Waals surface area contributed by atoms with E-state index >= 15 is 0 Å². The third-order valence-corrected chi connectivity index (χ3v) is 3.14. The highest BCUT2D eigenvalue weighted by Crippen LogP contribution is 2.20. The zero-order valence-corrected chi connectivity index (χ0v) is 10.0. The van der Waals surface area contributed by atoms with Crippen LogP contribution in [0.1, 0.15) is 18.9 Å². The standard InChI is InChI=1S/C10H12F2IN/c1-2-6(14)5-7-9(13)4-3-8(11)10(7)12/h3-4,6H,2,5,14H2,1H3. The van der Waals surface area contributed by atoms with Gasteiger partial charge in [-0.25, -0.2) is 8.78 Å². The molecule has 0 saturated carbocycles. The molecule has 1 unspecified atom stereocenters. The van der Waals surface area contributed by atoms with Crippen LogP contribution >= 0.6 is 22.6 Å². The molecule has 1 rings (SSSR count). The lowest BCUT2D eigenvalue weighted by Gasteiger charge is -2.11. The second-order valence-electron chi connectivity index (χ2n) is 3.19. The summed E-state index contributed by atoms with van der Waals surface area (Å²) in [4.78, 5) is 0. The molecule has 0 bridgehead atoms. The minimum Gasteiger partial charge on any atom is -0.327 e. The first-order valence-electron chi connectivity index (χ1n) is 4.44. The summed E-state index contributed by atoms with van der Waals surface area (Å²) in [6, 6.07) is 2.59. The van der Waals surface area contributed by atoms with E-state index in [1.807, 2.05) is 29.5 Å². The Hall–Kier alpha value is -0.230. The largest absolute Gasteiger partial charge is 0.327 e. The normalized spacial score (nSPS) is 12.9. The molecule has 1 atom stereocenters. The van der Waals surface area contributed by atoms with Crippen molar-refractivity contribution in [1.29, 1.82) is 0 Å². The number of rotatable bonds is 3. The van der Waals surface area contributed by atoms with Gasteiger partial charge in [0.05, 0.1) is 0 Å². The highest BCUT2D eigenvalue weighted by Gasteiger charge is 2.14. The summed E-state index contributed by atoms with van der Waals surface area (Å²) < 4.78 is 26.9. The van der Waals surface area contributed by atoms with Crippen molar-refractivity contribution in [2.45, 2.75) is 25.8 Å². The van der Waals surface area contributed by atoms with Crippen molar-refractivity contribution in [3.8, 4) is 0 Å². The number of hydrogen-bond acceptors (Lipinski definition) is 1. The predicted molar refractivity (Wildman–Crippen MR) is 61.0 cm³/mol. The quantitative estimate of drug-likeness (QED) is 0.674. The van der Waals surface area contributed by atoms with Crippen LogP contribution in [-0.2, 0) is 6.42 Å². The summed E-state index contributed by atoms with van der Waals surface area (Å²) in [7, 11) is 0. The van der Waals surface area contributed by atoms with Crippen molar-refractivity contribution in [1.82, 2.24) is 0 Å². The van der Waals surface area contributed by atoms with E-state index in [4.69, 9.17) is 5.73 Å². The maximum atomic E-state index is 13.3. The molecule has 0 amide bonds. The SMILES string of the molecule is CCC(N)Cc1c(I)ccc(F)c1F. The van der Waals surface area contributed by atoms with Gasteiger partial charge in [0.25, 0.3) is 0 Å². The Labute approximate surface area is 95.8 Å². The van der Waals surface area contributed by atoms with Crippen molar-refractivity contribution in [3.05, 3.63) is 32.9 Å². The fourth-order valence-electron chi connectivity index (χ4n) is 1.16. The molecular formula is C10H12F2IN. The van der Waals surface area contributed by atoms with Gasteiger partial charge in [0.2, 0.25) is 0 Å². The summed E-state index contributed by atoms with van der Waals surface area (Å²) >= 11 is 1.99. The Kier molecular flexibility index (Phi) is 4.25. The van der Waals surface area contributed by atoms with E-state index in [9.17, 15) is 8.78 Å². The first-order chi connectivity index (χ1) is 6.56. The number of nitrogens with two attached hydrogens (primary N) is 1. The molecule has 0 aliphatic rings. The van der Waals surface area contributed by atoms with Gasteiger partial charge in [-0.15, -0.1) is 0 Å². The van der Waals surface area contributed by atoms with E-state index in [1.165, 1.54) is 0 Å². The predicted octanol–water partition coefficient (Wildman–Crippen LogP) is 2.85. The van der Waals surface area contributed by atoms with Crippen molar-refractivity contribution in [2.24, 2.45) is 5.73 Å². The lowest BCUT2D eigenvalue weighted by molar-refractivity contribution is 0.490. The molecule has 14 heavy (non-hydrogen) atoms. The molecule has 1 nitrogen and oxygen atoms in total. The molecular weight excluding hydrogens is 299 g/mol. The van der Waals surface area contributed by atoms with E-state index in [2.05, 4.69) is 0 Å². The van der Waals surface area contributed by atoms with Crippen LogP contribution in [0.4, 0.5) is 8.78 Å². The maximum Gasteiger partial charge on any atom is 0.163 e. The monoisotopic (exact) mass is 311 g/mol. The van der Waals surface area contributed by atoms with E-state index in [0.717, 1.165) is 16.1 Å². The minimum atomic E-state index is -0.802. The van der Waals surface area contributed by atoms with Crippen LogP contribution in [0.2, 0.25) is 0 Å². The van der Waals surface area contributed by atoms with Gasteiger partial charge >= 0.3 is 0 Å². The minimum absolute atomic E-state index is 0.111. The van der Waals surface area contributed by atoms with Gasteiger partial charge in [-0.3, -0.25) is 0 Å². The first kappa shape index (κ1) is 11.8. The molecule has 0 saturated heterocycles. The fourth-order valence-corrected chi connectivity index (χ4v) is 1.80. The second kappa shape index (κ2) is 5.02. The molecule has 4 heteroatoms. The lowest BCUT2D eigenvalue weighted by Crippen LogP contribution is -2.22. The molecule has 1 aromatic rings. The van der Waals surface area contributed by atoms with Gasteiger partial charge in [-0.05, 0) is 47.6 Å². The summed E-state index contributed by atoms with van der Waals surface area (Å²) in [6.07, 6.45) is 1.14. The molecule has 0 aliphatic heterocycles. The summed E-state index contributed by atoms with van der Waals surface area (Å²) in [6.45, 7) is 1.93. The van der Waals surface area contributed by atoms with Gasteiger partial charge in [0.1, 0.15) is 0 Å². The van der Waals surface area contributed by atoms with Crippen LogP contribution in [-0.4, -0.2) is 6.04 Å². The number of halogens is 3. The van der Waals surface area contributed by atoms with E-state index < -0.39 is 11.6 Å². The topological polar surface area (TPSA) is 26.0 Å². The van der Waals surface area contributed by atoms with Crippen LogP contribution < -0.4 is 5.73 Å². The van der Waals surface area contributed by atoms with Crippen LogP contribution in [0.3, 0.4) is 0 Å². The number of benzene rings is 1. The van der Waals surface area contributed by atoms with Gasteiger partial charge in [-0.1, -0.05) is 6.92 Å². The van der Waals surface area contributed by atoms with E-state index in [-0.39, 0.29) is 6.04 Å². The third kappa shape index (κ3) is 2.63. The summed E-state index contributed by atoms with van der Waals surface area (Å²) in [5.74, 6) is -1.57. The van der Waals surface area contributed by atoms with Crippen molar-refractivity contribution in [2.75, 3.05) is 0 Å². The van der Waals surface area contributed by atoms with Crippen molar-refractivity contribution < 1.29 is 8.78 Å². The average molecular weight is 311 g/mol. The summed E-state index contributed by atoms with van der Waals surface area (Å²) in [5.41, 5.74) is 6.09. The van der Waals surface area contributed by atoms with Crippen LogP contribution in [0, 0.1) is 15.2 Å². The lowest BCUT2D eigenvalue weighted by atomic mass is 10.0. The fraction of sp³-hybridized carbons (Fsp3) is 0.400. The van der Waals surface area contributed by atoms with Crippen molar-refractivity contribution >= 4 is 22.6 Å². The maximum absolute atomic E-state index is 13.3. The van der Waals surface area contributed by atoms with E-state index in [0.29, 0.717) is 12.0 Å². The van der Waals surface area contributed by atoms with Gasteiger partial charge in [0.15, 0.2) is 11.6 Å². The molecule has 0 radical (unpaired) electrons. The van der Waals surface area contributed by atoms with Crippen molar-refractivity contribution in [3.63, 3.8) is 0 Å². The smallest absolute Gasteiger partial charge is 0.163 e. The Morgan fingerprint density at radius 1 is 1.43 bits per heavy atom. The van der Waals surface area contributed by atoms with Crippen LogP contribution in [0.25, 0.3) is 0 Å². The van der Waals surface area contributed by atoms with Gasteiger partial charge in [-0.2, -0.15) is 0 Å². The van der Waals surface area contributed by atoms with Crippen LogP contribution in [0.5, 0.6) is 0 Å². The highest BCUT2D eigenvalue weighted by molar-refractivity contribution is 14.1. The molecule has 0 aliphatic carbocycles. The first-order valence-corrected chi connectivity index (χ1v) is 5.52. The molecule has 78 valence electrons. The summed E-state index contributed by atoms with van der Waals surface area (Å²) in [5, 5.41) is 0. The Morgan fingerprint density at radius 2 is 2.07 bits per heavy atom. The Bertz CT molecular complexity index is 328. The van der Waals surface area contributed by atoms with Crippen LogP contribution in [0.15, 0.2) is 12.1 Å². The second-order valence-corrected chi connectivity index (χ2v) is 4.36. The van der Waals surface area contributed by atoms with Gasteiger partial charge < -0.3 is 5.73 Å².